The van der Waals surface area contributed by atoms with E-state index in [9.17, 15) is 35.1 Å². The molecule has 2 nitrogen and oxygen atoms in total. The van der Waals surface area contributed by atoms with E-state index in [1.807, 2.05) is 0 Å². The first-order chi connectivity index (χ1) is 5.75. The van der Waals surface area contributed by atoms with Gasteiger partial charge in [0.25, 0.3) is 0 Å². The number of hydrogen-bond donors (Lipinski definition) is 2. The first kappa shape index (κ1) is 13.4. The second-order valence-corrected chi connectivity index (χ2v) is 2.23. The van der Waals surface area contributed by atoms with Gasteiger partial charge >= 0.3 is 24.1 Å². The summed E-state index contributed by atoms with van der Waals surface area (Å²) in [5.74, 6) is -13.6. The molecule has 0 heterocycles. The minimum Gasteiger partial charge on any atom is -0.331 e. The summed E-state index contributed by atoms with van der Waals surface area (Å²) in [6.45, 7) is 0. The van der Waals surface area contributed by atoms with Gasteiger partial charge in [-0.1, -0.05) is 0 Å². The molecule has 0 radical (unpaired) electrons. The molecule has 0 aromatic carbocycles. The zero-order valence-corrected chi connectivity index (χ0v) is 5.92. The van der Waals surface area contributed by atoms with Crippen molar-refractivity contribution in [3.63, 3.8) is 0 Å². The SMILES string of the molecule is OC(F)(F)C(F)(F)C(F)(F)C(O)(F)F. The summed E-state index contributed by atoms with van der Waals surface area (Å²) < 4.78 is 92.9. The number of hydrogen-bond acceptors (Lipinski definition) is 2. The van der Waals surface area contributed by atoms with Gasteiger partial charge in [0.2, 0.25) is 0 Å². The second-order valence-electron chi connectivity index (χ2n) is 2.23. The molecule has 0 aliphatic carbocycles. The Morgan fingerprint density at radius 1 is 0.500 bits per heavy atom. The molecule has 0 spiro atoms. The molecule has 0 fully saturated rings. The molecule has 0 saturated heterocycles. The minimum atomic E-state index is -6.79. The highest BCUT2D eigenvalue weighted by molar-refractivity contribution is 4.95. The zero-order chi connectivity index (χ0) is 12.0. The van der Waals surface area contributed by atoms with E-state index in [0.717, 1.165) is 0 Å². The molecule has 14 heavy (non-hydrogen) atoms. The highest BCUT2D eigenvalue weighted by Crippen LogP contribution is 2.50. The normalized spacial score (nSPS) is 15.9. The fraction of sp³-hybridized carbons (Fsp3) is 1.00. The lowest BCUT2D eigenvalue weighted by Crippen LogP contribution is -2.62. The average Bonchev–Trinajstić information content (AvgIpc) is 1.81. The van der Waals surface area contributed by atoms with E-state index < -0.39 is 24.1 Å². The molecule has 0 aliphatic rings. The fourth-order valence-electron chi connectivity index (χ4n) is 0.378. The van der Waals surface area contributed by atoms with Crippen molar-refractivity contribution >= 4 is 0 Å². The Labute approximate surface area is 70.7 Å². The molecule has 0 bridgehead atoms. The smallest absolute Gasteiger partial charge is 0.331 e. The number of halogens is 8. The van der Waals surface area contributed by atoms with Gasteiger partial charge in [0.05, 0.1) is 0 Å². The van der Waals surface area contributed by atoms with Crippen LogP contribution in [0, 0.1) is 0 Å². The summed E-state index contributed by atoms with van der Waals surface area (Å²) in [5, 5.41) is 14.5. The summed E-state index contributed by atoms with van der Waals surface area (Å²) in [7, 11) is 0. The highest BCUT2D eigenvalue weighted by atomic mass is 19.4. The molecule has 86 valence electrons. The fourth-order valence-corrected chi connectivity index (χ4v) is 0.378. The number of rotatable bonds is 3. The van der Waals surface area contributed by atoms with Crippen LogP contribution in [0.1, 0.15) is 0 Å². The Morgan fingerprint density at radius 2 is 0.643 bits per heavy atom. The molecule has 0 rings (SSSR count). The number of alkyl halides is 8. The first-order valence-electron chi connectivity index (χ1n) is 2.71. The van der Waals surface area contributed by atoms with E-state index in [1.54, 1.807) is 0 Å². The van der Waals surface area contributed by atoms with Crippen LogP contribution >= 0.6 is 0 Å². The molecule has 0 aromatic heterocycles. The van der Waals surface area contributed by atoms with Crippen molar-refractivity contribution < 1.29 is 45.3 Å². The van der Waals surface area contributed by atoms with Crippen molar-refractivity contribution in [2.45, 2.75) is 24.1 Å². The maximum Gasteiger partial charge on any atom is 0.423 e. The summed E-state index contributed by atoms with van der Waals surface area (Å²) in [5.41, 5.74) is 0. The van der Waals surface area contributed by atoms with Crippen molar-refractivity contribution in [3.8, 4) is 0 Å². The van der Waals surface area contributed by atoms with Gasteiger partial charge < -0.3 is 10.2 Å². The van der Waals surface area contributed by atoms with Crippen molar-refractivity contribution in [2.24, 2.45) is 0 Å². The van der Waals surface area contributed by atoms with Crippen LogP contribution in [0.4, 0.5) is 35.1 Å². The molecule has 0 amide bonds. The number of aliphatic hydroxyl groups is 2. The van der Waals surface area contributed by atoms with E-state index in [2.05, 4.69) is 0 Å². The van der Waals surface area contributed by atoms with Gasteiger partial charge in [0, 0.05) is 0 Å². The molecule has 0 saturated carbocycles. The monoisotopic (exact) mass is 234 g/mol. The quantitative estimate of drug-likeness (QED) is 0.725. The standard InChI is InChI=1S/C4H2F8O2/c5-1(6,3(9,10)13)2(7,8)4(11,12)14/h13-14H. The van der Waals surface area contributed by atoms with Crippen LogP contribution in [-0.2, 0) is 0 Å². The van der Waals surface area contributed by atoms with E-state index in [0.29, 0.717) is 0 Å². The predicted molar refractivity (Wildman–Crippen MR) is 24.2 cm³/mol. The Kier molecular flexibility index (Phi) is 2.79. The van der Waals surface area contributed by atoms with Crippen LogP contribution in [0.15, 0.2) is 0 Å². The van der Waals surface area contributed by atoms with Crippen LogP contribution in [-0.4, -0.2) is 34.3 Å². The van der Waals surface area contributed by atoms with E-state index >= 15 is 0 Å². The van der Waals surface area contributed by atoms with Crippen LogP contribution in [0.25, 0.3) is 0 Å². The molecule has 0 atom stereocenters. The highest BCUT2D eigenvalue weighted by Gasteiger charge is 2.81. The summed E-state index contributed by atoms with van der Waals surface area (Å²) in [6.07, 6.45) is -12.8. The van der Waals surface area contributed by atoms with Crippen LogP contribution in [0.2, 0.25) is 0 Å². The maximum atomic E-state index is 11.8. The van der Waals surface area contributed by atoms with Crippen molar-refractivity contribution in [3.05, 3.63) is 0 Å². The van der Waals surface area contributed by atoms with Gasteiger partial charge in [-0.3, -0.25) is 0 Å². The molecule has 0 aromatic rings. The molecular weight excluding hydrogens is 232 g/mol. The van der Waals surface area contributed by atoms with Gasteiger partial charge in [-0.05, 0) is 0 Å². The lowest BCUT2D eigenvalue weighted by molar-refractivity contribution is -0.449. The van der Waals surface area contributed by atoms with Gasteiger partial charge in [-0.15, -0.1) is 0 Å². The maximum absolute atomic E-state index is 11.8. The Bertz CT molecular complexity index is 188. The zero-order valence-electron chi connectivity index (χ0n) is 5.92. The molecule has 0 aliphatic heterocycles. The largest absolute Gasteiger partial charge is 0.423 e. The summed E-state index contributed by atoms with van der Waals surface area (Å²) >= 11 is 0. The lowest BCUT2D eigenvalue weighted by Gasteiger charge is -2.31. The molecule has 2 N–H and O–H groups in total. The topological polar surface area (TPSA) is 40.5 Å². The van der Waals surface area contributed by atoms with E-state index in [-0.39, 0.29) is 0 Å². The van der Waals surface area contributed by atoms with Crippen molar-refractivity contribution in [2.75, 3.05) is 0 Å². The van der Waals surface area contributed by atoms with E-state index in [1.165, 1.54) is 0 Å². The average molecular weight is 234 g/mol. The molecule has 0 unspecified atom stereocenters. The minimum absolute atomic E-state index is 6.39. The van der Waals surface area contributed by atoms with Crippen molar-refractivity contribution in [1.82, 2.24) is 0 Å². The molecular formula is C4H2F8O2. The van der Waals surface area contributed by atoms with Crippen molar-refractivity contribution in [1.29, 1.82) is 0 Å². The van der Waals surface area contributed by atoms with Gasteiger partial charge in [0.1, 0.15) is 0 Å². The predicted octanol–water partition coefficient (Wildman–Crippen LogP) is 1.43. The third kappa shape index (κ3) is 1.75. The summed E-state index contributed by atoms with van der Waals surface area (Å²) in [4.78, 5) is 0. The third-order valence-corrected chi connectivity index (χ3v) is 1.15. The first-order valence-corrected chi connectivity index (χ1v) is 2.71. The summed E-state index contributed by atoms with van der Waals surface area (Å²) in [6, 6.07) is 0. The van der Waals surface area contributed by atoms with Gasteiger partial charge in [-0.2, -0.15) is 35.1 Å². The van der Waals surface area contributed by atoms with Gasteiger partial charge in [0.15, 0.2) is 0 Å². The molecule has 10 heteroatoms. The third-order valence-electron chi connectivity index (χ3n) is 1.15. The van der Waals surface area contributed by atoms with Crippen LogP contribution < -0.4 is 0 Å². The van der Waals surface area contributed by atoms with Gasteiger partial charge in [-0.25, -0.2) is 0 Å². The lowest BCUT2D eigenvalue weighted by atomic mass is 10.1. The van der Waals surface area contributed by atoms with Crippen LogP contribution in [0.5, 0.6) is 0 Å². The van der Waals surface area contributed by atoms with Crippen LogP contribution in [0.3, 0.4) is 0 Å². The van der Waals surface area contributed by atoms with E-state index in [4.69, 9.17) is 10.2 Å². The Hall–Kier alpha value is -0.640. The Morgan fingerprint density at radius 3 is 0.714 bits per heavy atom. The Balaban J connectivity index is 5.30. The second kappa shape index (κ2) is 2.92.